The highest BCUT2D eigenvalue weighted by molar-refractivity contribution is 5.98. The molecule has 2 aliphatic rings. The Kier molecular flexibility index (Phi) is 18.0. The summed E-state index contributed by atoms with van der Waals surface area (Å²) in [6.07, 6.45) is 0.837. The molecule has 0 aromatic rings. The molecule has 0 spiro atoms. The number of nitrogens with one attached hydrogen (secondary N) is 3. The Labute approximate surface area is 333 Å². The zero-order chi connectivity index (χ0) is 42.9. The summed E-state index contributed by atoms with van der Waals surface area (Å²) in [6.45, 7) is 19.1. The molecule has 16 heteroatoms. The van der Waals surface area contributed by atoms with Crippen LogP contribution in [0.3, 0.4) is 0 Å². The van der Waals surface area contributed by atoms with Gasteiger partial charge in [-0.1, -0.05) is 61.0 Å². The van der Waals surface area contributed by atoms with Gasteiger partial charge in [-0.25, -0.2) is 0 Å². The molecule has 0 bridgehead atoms. The molecule has 0 radical (unpaired) electrons. The highest BCUT2D eigenvalue weighted by atomic mass is 16.3. The van der Waals surface area contributed by atoms with Crippen molar-refractivity contribution in [1.82, 2.24) is 35.6 Å². The molecule has 0 saturated carbocycles. The zero-order valence-electron chi connectivity index (χ0n) is 35.6. The van der Waals surface area contributed by atoms with Crippen molar-refractivity contribution in [1.29, 1.82) is 0 Å². The zero-order valence-corrected chi connectivity index (χ0v) is 35.6. The van der Waals surface area contributed by atoms with Crippen LogP contribution in [0.1, 0.15) is 94.4 Å². The van der Waals surface area contributed by atoms with E-state index in [0.29, 0.717) is 19.3 Å². The second-order valence-electron chi connectivity index (χ2n) is 16.5. The molecule has 0 unspecified atom stereocenters. The minimum Gasteiger partial charge on any atom is -0.390 e. The van der Waals surface area contributed by atoms with Crippen molar-refractivity contribution in [3.63, 3.8) is 0 Å². The Balaban J connectivity index is 2.83. The normalized spacial score (nSPS) is 29.6. The lowest BCUT2D eigenvalue weighted by atomic mass is 9.94. The number of fused-ring (bicyclic) bond motifs is 1. The van der Waals surface area contributed by atoms with Crippen LogP contribution in [0.5, 0.6) is 0 Å². The molecular weight excluding hydrogens is 722 g/mol. The van der Waals surface area contributed by atoms with E-state index in [0.717, 1.165) is 9.80 Å². The van der Waals surface area contributed by atoms with Crippen molar-refractivity contribution < 1.29 is 43.8 Å². The first kappa shape index (κ1) is 48.1. The van der Waals surface area contributed by atoms with E-state index in [1.54, 1.807) is 47.6 Å². The van der Waals surface area contributed by atoms with Crippen molar-refractivity contribution in [2.75, 3.05) is 27.7 Å². The minimum atomic E-state index is -1.50. The van der Waals surface area contributed by atoms with Crippen molar-refractivity contribution in [2.24, 2.45) is 23.7 Å². The summed E-state index contributed by atoms with van der Waals surface area (Å²) in [5.74, 6) is -6.53. The third-order valence-corrected chi connectivity index (χ3v) is 11.7. The first-order valence-corrected chi connectivity index (χ1v) is 20.0. The molecule has 2 rings (SSSR count). The predicted octanol–water partition coefficient (Wildman–Crippen LogP) is 0.648. The second-order valence-corrected chi connectivity index (χ2v) is 16.5. The Morgan fingerprint density at radius 1 is 0.696 bits per heavy atom. The summed E-state index contributed by atoms with van der Waals surface area (Å²) < 4.78 is 0. The minimum absolute atomic E-state index is 0.0848. The Morgan fingerprint density at radius 2 is 1.23 bits per heavy atom. The van der Waals surface area contributed by atoms with E-state index < -0.39 is 114 Å². The van der Waals surface area contributed by atoms with Gasteiger partial charge in [-0.05, 0) is 63.2 Å². The fourth-order valence-corrected chi connectivity index (χ4v) is 7.06. The molecule has 318 valence electrons. The van der Waals surface area contributed by atoms with Crippen LogP contribution in [-0.2, 0) is 33.6 Å². The number of rotatable bonds is 9. The maximum atomic E-state index is 14.2. The molecular formula is C40H69N7O9. The molecule has 7 amide bonds. The fourth-order valence-electron chi connectivity index (χ4n) is 7.06. The summed E-state index contributed by atoms with van der Waals surface area (Å²) >= 11 is 0. The Morgan fingerprint density at radius 3 is 1.77 bits per heavy atom. The van der Waals surface area contributed by atoms with Crippen LogP contribution < -0.4 is 16.0 Å². The molecule has 5 N–H and O–H groups in total. The summed E-state index contributed by atoms with van der Waals surface area (Å²) in [7, 11) is 4.15. The molecule has 0 aliphatic carbocycles. The molecule has 2 heterocycles. The SMILES string of the molecule is C=C[C@H](C)C[C@@H]1NC(=O)[C@H]([C@H](O)C(C)C)N(C)C(=O)[C@H](C)N(C)C(=O)[C@@H]([C@@H](C)CC)NC(=O)[C@@H]([C@H](O)C(C)C)NC(=O)[C@H]2CCCCN2C(=O)[C@H](C)N(C)C1=O. The van der Waals surface area contributed by atoms with E-state index in [1.807, 2.05) is 6.92 Å². The topological polar surface area (TPSA) is 209 Å². The van der Waals surface area contributed by atoms with Gasteiger partial charge >= 0.3 is 0 Å². The van der Waals surface area contributed by atoms with Gasteiger partial charge < -0.3 is 45.8 Å². The van der Waals surface area contributed by atoms with Crippen molar-refractivity contribution in [2.45, 2.75) is 149 Å². The number of hydrogen-bond donors (Lipinski definition) is 5. The van der Waals surface area contributed by atoms with E-state index in [4.69, 9.17) is 0 Å². The number of aliphatic hydroxyl groups is 2. The molecule has 11 atom stereocenters. The highest BCUT2D eigenvalue weighted by Crippen LogP contribution is 2.23. The Bertz CT molecular complexity index is 1440. The standard InChI is InChI=1S/C40H69N7O9/c1-14-23(7)20-27-39(55)44(11)26(10)38(54)47-19-17-16-18-28(47)34(50)43-30(32(48)21(3)4)35(51)42-29(24(8)15-2)40(56)45(12)25(9)37(53)46(13)31(36(52)41-27)33(49)22(5)6/h14,21-33,48-49H,1,15-20H2,2-13H3,(H,41,52)(H,42,51)(H,43,50)/t23-,24-,25-,26-,27-,28+,29+,30+,31-,32+,33+/m0/s1. The van der Waals surface area contributed by atoms with Gasteiger partial charge in [0.05, 0.1) is 12.2 Å². The summed E-state index contributed by atoms with van der Waals surface area (Å²) in [4.78, 5) is 104. The number of carbonyl (C=O) groups excluding carboxylic acids is 7. The number of likely N-dealkylation sites (N-methyl/N-ethyl adjacent to an activating group) is 3. The molecule has 0 aromatic carbocycles. The number of allylic oxidation sites excluding steroid dienone is 1. The lowest BCUT2D eigenvalue weighted by Gasteiger charge is -2.39. The van der Waals surface area contributed by atoms with Gasteiger partial charge in [0.15, 0.2) is 0 Å². The molecule has 2 saturated heterocycles. The number of aliphatic hydroxyl groups excluding tert-OH is 2. The van der Waals surface area contributed by atoms with Crippen molar-refractivity contribution in [3.05, 3.63) is 12.7 Å². The van der Waals surface area contributed by atoms with Crippen LogP contribution in [0.15, 0.2) is 12.7 Å². The van der Waals surface area contributed by atoms with Gasteiger partial charge in [0.2, 0.25) is 41.4 Å². The largest absolute Gasteiger partial charge is 0.390 e. The van der Waals surface area contributed by atoms with E-state index in [1.165, 1.54) is 44.8 Å². The highest BCUT2D eigenvalue weighted by Gasteiger charge is 2.44. The number of nitrogens with zero attached hydrogens (tertiary/aromatic N) is 4. The molecule has 2 aliphatic heterocycles. The van der Waals surface area contributed by atoms with Crippen molar-refractivity contribution in [3.8, 4) is 0 Å². The monoisotopic (exact) mass is 792 g/mol. The third-order valence-electron chi connectivity index (χ3n) is 11.7. The van der Waals surface area contributed by atoms with Gasteiger partial charge in [-0.3, -0.25) is 33.6 Å². The molecule has 2 fully saturated rings. The predicted molar refractivity (Wildman–Crippen MR) is 211 cm³/mol. The van der Waals surface area contributed by atoms with Gasteiger partial charge in [0.25, 0.3) is 0 Å². The first-order chi connectivity index (χ1) is 26.0. The van der Waals surface area contributed by atoms with Gasteiger partial charge in [0.1, 0.15) is 42.3 Å². The fraction of sp³-hybridized carbons (Fsp3) is 0.775. The van der Waals surface area contributed by atoms with Gasteiger partial charge in [0, 0.05) is 27.7 Å². The number of hydrogen-bond acceptors (Lipinski definition) is 9. The molecule has 0 aromatic heterocycles. The lowest BCUT2D eigenvalue weighted by molar-refractivity contribution is -0.153. The summed E-state index contributed by atoms with van der Waals surface area (Å²) in [6, 6.07) is -8.70. The number of carbonyl (C=O) groups is 7. The van der Waals surface area contributed by atoms with Crippen molar-refractivity contribution >= 4 is 41.4 Å². The maximum Gasteiger partial charge on any atom is 0.246 e. The van der Waals surface area contributed by atoms with Crippen LogP contribution in [-0.4, -0.2) is 153 Å². The second kappa shape index (κ2) is 20.9. The van der Waals surface area contributed by atoms with Crippen LogP contribution >= 0.6 is 0 Å². The smallest absolute Gasteiger partial charge is 0.246 e. The average molecular weight is 792 g/mol. The molecule has 16 nitrogen and oxygen atoms in total. The lowest BCUT2D eigenvalue weighted by Crippen LogP contribution is -2.64. The number of piperidine rings is 1. The molecule has 56 heavy (non-hydrogen) atoms. The van der Waals surface area contributed by atoms with E-state index >= 15 is 0 Å². The van der Waals surface area contributed by atoms with E-state index in [2.05, 4.69) is 22.5 Å². The Hall–Kier alpha value is -4.05. The third kappa shape index (κ3) is 11.3. The van der Waals surface area contributed by atoms with Crippen LogP contribution in [0.2, 0.25) is 0 Å². The quantitative estimate of drug-likeness (QED) is 0.208. The van der Waals surface area contributed by atoms with Gasteiger partial charge in [-0.2, -0.15) is 0 Å². The van der Waals surface area contributed by atoms with E-state index in [9.17, 15) is 43.8 Å². The first-order valence-electron chi connectivity index (χ1n) is 20.0. The average Bonchev–Trinajstić information content (AvgIpc) is 3.17. The van der Waals surface area contributed by atoms with E-state index in [-0.39, 0.29) is 25.3 Å². The van der Waals surface area contributed by atoms with Gasteiger partial charge in [-0.15, -0.1) is 6.58 Å². The summed E-state index contributed by atoms with van der Waals surface area (Å²) in [5.41, 5.74) is 0. The van der Waals surface area contributed by atoms with Crippen LogP contribution in [0.4, 0.5) is 0 Å². The van der Waals surface area contributed by atoms with Crippen LogP contribution in [0, 0.1) is 23.7 Å². The van der Waals surface area contributed by atoms with Crippen LogP contribution in [0.25, 0.3) is 0 Å². The number of amides is 7. The maximum absolute atomic E-state index is 14.2. The summed E-state index contributed by atoms with van der Waals surface area (Å²) in [5, 5.41) is 30.8.